The number of rotatable bonds is 7. The summed E-state index contributed by atoms with van der Waals surface area (Å²) in [5, 5.41) is 0. The van der Waals surface area contributed by atoms with Gasteiger partial charge in [-0.15, -0.1) is 0 Å². The maximum atomic E-state index is 11.5. The van der Waals surface area contributed by atoms with Crippen LogP contribution in [0.1, 0.15) is 10.7 Å². The zero-order valence-electron chi connectivity index (χ0n) is 14.1. The molecule has 2 aromatic heterocycles. The second-order valence-corrected chi connectivity index (χ2v) is 5.31. The van der Waals surface area contributed by atoms with Gasteiger partial charge in [0.05, 0.1) is 7.11 Å². The highest BCUT2D eigenvalue weighted by Gasteiger charge is 2.20. The van der Waals surface area contributed by atoms with Gasteiger partial charge in [0.1, 0.15) is 18.1 Å². The highest BCUT2D eigenvalue weighted by atomic mass is 16.5. The number of methoxy groups -OCH3 is 1. The first-order chi connectivity index (χ1) is 12.6. The van der Waals surface area contributed by atoms with E-state index >= 15 is 0 Å². The van der Waals surface area contributed by atoms with E-state index in [1.807, 2.05) is 0 Å². The van der Waals surface area contributed by atoms with E-state index in [2.05, 4.69) is 9.97 Å². The SMILES string of the molecule is COc1ccc(-c2nc(C(N)=O)oc2-c2ccc(OCCN)cc2)cn1. The Kier molecular flexibility index (Phi) is 5.14. The predicted octanol–water partition coefficient (Wildman–Crippen LogP) is 1.85. The molecule has 26 heavy (non-hydrogen) atoms. The number of pyridine rings is 1. The van der Waals surface area contributed by atoms with Gasteiger partial charge in [0.25, 0.3) is 5.89 Å². The summed E-state index contributed by atoms with van der Waals surface area (Å²) in [5.41, 5.74) is 12.6. The van der Waals surface area contributed by atoms with E-state index in [0.29, 0.717) is 41.8 Å². The number of hydrogen-bond acceptors (Lipinski definition) is 7. The lowest BCUT2D eigenvalue weighted by Gasteiger charge is -2.06. The summed E-state index contributed by atoms with van der Waals surface area (Å²) in [6, 6.07) is 10.6. The molecule has 0 spiro atoms. The normalized spacial score (nSPS) is 10.5. The second-order valence-electron chi connectivity index (χ2n) is 5.31. The number of aromatic nitrogens is 2. The van der Waals surface area contributed by atoms with Gasteiger partial charge in [-0.2, -0.15) is 0 Å². The van der Waals surface area contributed by atoms with Crippen LogP contribution in [0, 0.1) is 0 Å². The quantitative estimate of drug-likeness (QED) is 0.663. The predicted molar refractivity (Wildman–Crippen MR) is 94.8 cm³/mol. The lowest BCUT2D eigenvalue weighted by molar-refractivity contribution is 0.0968. The fourth-order valence-electron chi connectivity index (χ4n) is 2.34. The van der Waals surface area contributed by atoms with Crippen molar-refractivity contribution in [3.63, 3.8) is 0 Å². The first-order valence-corrected chi connectivity index (χ1v) is 7.86. The smallest absolute Gasteiger partial charge is 0.304 e. The van der Waals surface area contributed by atoms with Gasteiger partial charge in [-0.05, 0) is 30.3 Å². The fraction of sp³-hybridized carbons (Fsp3) is 0.167. The molecule has 1 aromatic carbocycles. The number of carbonyl (C=O) groups is 1. The number of amides is 1. The third-order valence-corrected chi connectivity index (χ3v) is 3.56. The van der Waals surface area contributed by atoms with Crippen LogP contribution < -0.4 is 20.9 Å². The molecule has 0 aliphatic carbocycles. The largest absolute Gasteiger partial charge is 0.492 e. The van der Waals surface area contributed by atoms with E-state index in [1.54, 1.807) is 42.6 Å². The van der Waals surface area contributed by atoms with E-state index in [1.165, 1.54) is 7.11 Å². The van der Waals surface area contributed by atoms with Crippen molar-refractivity contribution in [2.24, 2.45) is 11.5 Å². The molecule has 0 radical (unpaired) electrons. The van der Waals surface area contributed by atoms with Crippen LogP contribution in [0.25, 0.3) is 22.6 Å². The average molecular weight is 354 g/mol. The van der Waals surface area contributed by atoms with Crippen molar-refractivity contribution in [3.8, 4) is 34.2 Å². The first kappa shape index (κ1) is 17.4. The molecule has 3 aromatic rings. The number of oxazole rings is 1. The molecule has 1 amide bonds. The summed E-state index contributed by atoms with van der Waals surface area (Å²) in [7, 11) is 1.53. The van der Waals surface area contributed by atoms with Crippen molar-refractivity contribution in [1.82, 2.24) is 9.97 Å². The molecule has 0 fully saturated rings. The number of ether oxygens (including phenoxy) is 2. The van der Waals surface area contributed by atoms with Crippen LogP contribution in [0.15, 0.2) is 47.0 Å². The molecule has 4 N–H and O–H groups in total. The number of primary amides is 1. The first-order valence-electron chi connectivity index (χ1n) is 7.86. The van der Waals surface area contributed by atoms with Crippen LogP contribution in [-0.4, -0.2) is 36.1 Å². The van der Waals surface area contributed by atoms with Gasteiger partial charge in [-0.3, -0.25) is 4.79 Å². The zero-order chi connectivity index (χ0) is 18.5. The third-order valence-electron chi connectivity index (χ3n) is 3.56. The van der Waals surface area contributed by atoms with Gasteiger partial charge in [0.2, 0.25) is 5.88 Å². The molecule has 134 valence electrons. The third kappa shape index (κ3) is 3.65. The van der Waals surface area contributed by atoms with Crippen LogP contribution in [-0.2, 0) is 0 Å². The molecule has 0 bridgehead atoms. The average Bonchev–Trinajstić information content (AvgIpc) is 3.12. The molecule has 0 aliphatic rings. The summed E-state index contributed by atoms with van der Waals surface area (Å²) in [6.45, 7) is 0.858. The lowest BCUT2D eigenvalue weighted by atomic mass is 10.1. The van der Waals surface area contributed by atoms with Crippen molar-refractivity contribution in [2.75, 3.05) is 20.3 Å². The highest BCUT2D eigenvalue weighted by molar-refractivity contribution is 5.90. The maximum absolute atomic E-state index is 11.5. The molecule has 2 heterocycles. The maximum Gasteiger partial charge on any atom is 0.304 e. The number of benzene rings is 1. The minimum Gasteiger partial charge on any atom is -0.492 e. The van der Waals surface area contributed by atoms with Crippen LogP contribution in [0.2, 0.25) is 0 Å². The van der Waals surface area contributed by atoms with E-state index in [4.69, 9.17) is 25.4 Å². The molecule has 0 aliphatic heterocycles. The van der Waals surface area contributed by atoms with Crippen molar-refractivity contribution in [2.45, 2.75) is 0 Å². The minimum atomic E-state index is -0.748. The monoisotopic (exact) mass is 354 g/mol. The summed E-state index contributed by atoms with van der Waals surface area (Å²) >= 11 is 0. The summed E-state index contributed by atoms with van der Waals surface area (Å²) in [4.78, 5) is 19.9. The van der Waals surface area contributed by atoms with Crippen molar-refractivity contribution in [3.05, 3.63) is 48.5 Å². The van der Waals surface area contributed by atoms with E-state index in [0.717, 1.165) is 5.56 Å². The molecule has 0 atom stereocenters. The molecule has 0 unspecified atom stereocenters. The summed E-state index contributed by atoms with van der Waals surface area (Å²) in [5.74, 6) is 0.643. The van der Waals surface area contributed by atoms with Crippen molar-refractivity contribution < 1.29 is 18.7 Å². The second kappa shape index (κ2) is 7.66. The van der Waals surface area contributed by atoms with Crippen molar-refractivity contribution >= 4 is 5.91 Å². The highest BCUT2D eigenvalue weighted by Crippen LogP contribution is 2.33. The Balaban J connectivity index is 2.00. The standard InChI is InChI=1S/C18H18N4O4/c1-24-14-7-4-12(10-21-14)15-16(26-18(22-15)17(20)23)11-2-5-13(6-3-11)25-9-8-19/h2-7,10H,8-9,19H2,1H3,(H2,20,23). The molecular weight excluding hydrogens is 336 g/mol. The van der Waals surface area contributed by atoms with Gasteiger partial charge < -0.3 is 25.4 Å². The van der Waals surface area contributed by atoms with Gasteiger partial charge in [-0.25, -0.2) is 9.97 Å². The van der Waals surface area contributed by atoms with Crippen LogP contribution in [0.5, 0.6) is 11.6 Å². The number of nitrogens with two attached hydrogens (primary N) is 2. The Labute approximate surface area is 149 Å². The van der Waals surface area contributed by atoms with E-state index in [-0.39, 0.29) is 5.89 Å². The Morgan fingerprint density at radius 1 is 1.15 bits per heavy atom. The van der Waals surface area contributed by atoms with Gasteiger partial charge in [0.15, 0.2) is 5.76 Å². The Morgan fingerprint density at radius 2 is 1.88 bits per heavy atom. The van der Waals surface area contributed by atoms with Gasteiger partial charge >= 0.3 is 5.91 Å². The number of hydrogen-bond donors (Lipinski definition) is 2. The fourth-order valence-corrected chi connectivity index (χ4v) is 2.34. The minimum absolute atomic E-state index is 0.172. The molecular formula is C18H18N4O4. The Bertz CT molecular complexity index is 889. The Morgan fingerprint density at radius 3 is 2.46 bits per heavy atom. The molecule has 8 nitrogen and oxygen atoms in total. The lowest BCUT2D eigenvalue weighted by Crippen LogP contribution is -2.11. The number of nitrogens with zero attached hydrogens (tertiary/aromatic N) is 2. The van der Waals surface area contributed by atoms with Gasteiger partial charge in [-0.1, -0.05) is 0 Å². The summed E-state index contributed by atoms with van der Waals surface area (Å²) < 4.78 is 16.1. The molecule has 8 heteroatoms. The molecule has 0 saturated carbocycles. The van der Waals surface area contributed by atoms with Crippen LogP contribution >= 0.6 is 0 Å². The molecule has 0 saturated heterocycles. The van der Waals surface area contributed by atoms with Gasteiger partial charge in [0, 0.05) is 29.9 Å². The van der Waals surface area contributed by atoms with E-state index < -0.39 is 5.91 Å². The zero-order valence-corrected chi connectivity index (χ0v) is 14.1. The Hall–Kier alpha value is -3.39. The van der Waals surface area contributed by atoms with E-state index in [9.17, 15) is 4.79 Å². The van der Waals surface area contributed by atoms with Crippen molar-refractivity contribution in [1.29, 1.82) is 0 Å². The summed E-state index contributed by atoms with van der Waals surface area (Å²) in [6.07, 6.45) is 1.59. The molecule has 3 rings (SSSR count). The van der Waals surface area contributed by atoms with Crippen LogP contribution in [0.3, 0.4) is 0 Å². The topological polar surface area (TPSA) is 126 Å². The number of carbonyl (C=O) groups excluding carboxylic acids is 1. The van der Waals surface area contributed by atoms with Crippen LogP contribution in [0.4, 0.5) is 0 Å².